The van der Waals surface area contributed by atoms with Gasteiger partial charge in [-0.3, -0.25) is 10.6 Å². The van der Waals surface area contributed by atoms with Crippen LogP contribution in [0.1, 0.15) is 84.4 Å². The van der Waals surface area contributed by atoms with Gasteiger partial charge < -0.3 is 29.3 Å². The molecule has 3 fully saturated rings. The second-order valence-corrected chi connectivity index (χ2v) is 11.8. The zero-order chi connectivity index (χ0) is 27.2. The van der Waals surface area contributed by atoms with Crippen LogP contribution in [0.2, 0.25) is 0 Å². The SMILES string of the molecule is CC(C)(C)OC(=O)NC(=NCC(O)c1cc([C@@H]2CC3(CC3)[C@@H]3CN2C(=O)N3)no1)NC(=O)OC(C)(C)C. The number of guanidine groups is 1. The number of carbonyl (C=O) groups is 3. The first-order valence-corrected chi connectivity index (χ1v) is 12.4. The van der Waals surface area contributed by atoms with Gasteiger partial charge >= 0.3 is 18.2 Å². The van der Waals surface area contributed by atoms with Gasteiger partial charge in [0.1, 0.15) is 23.0 Å². The molecular formula is C24H36N6O7. The number of nitrogens with zero attached hydrogens (tertiary/aromatic N) is 3. The van der Waals surface area contributed by atoms with Crippen molar-refractivity contribution in [2.45, 2.75) is 90.2 Å². The molecule has 1 spiro atoms. The number of nitrogens with one attached hydrogen (secondary N) is 3. The minimum atomic E-state index is -1.23. The summed E-state index contributed by atoms with van der Waals surface area (Å²) in [5.74, 6) is -0.107. The number of fused-ring (bicyclic) bond motifs is 3. The highest BCUT2D eigenvalue weighted by Crippen LogP contribution is 2.59. The Bertz CT molecular complexity index is 1050. The van der Waals surface area contributed by atoms with Crippen molar-refractivity contribution >= 4 is 24.2 Å². The molecule has 37 heavy (non-hydrogen) atoms. The topological polar surface area (TPSA) is 168 Å². The average Bonchev–Trinajstić information content (AvgIpc) is 3.19. The number of aliphatic imine (C=N–C) groups is 1. The molecule has 2 bridgehead atoms. The van der Waals surface area contributed by atoms with Crippen molar-refractivity contribution in [2.24, 2.45) is 10.4 Å². The van der Waals surface area contributed by atoms with Gasteiger partial charge in [-0.25, -0.2) is 19.4 Å². The lowest BCUT2D eigenvalue weighted by Gasteiger charge is -2.35. The van der Waals surface area contributed by atoms with E-state index >= 15 is 0 Å². The highest BCUT2D eigenvalue weighted by atomic mass is 16.6. The number of urea groups is 1. The molecular weight excluding hydrogens is 484 g/mol. The third kappa shape index (κ3) is 6.51. The molecule has 0 aromatic carbocycles. The van der Waals surface area contributed by atoms with Gasteiger partial charge in [-0.1, -0.05) is 5.16 Å². The van der Waals surface area contributed by atoms with Crippen LogP contribution >= 0.6 is 0 Å². The van der Waals surface area contributed by atoms with Crippen LogP contribution in [0.5, 0.6) is 0 Å². The van der Waals surface area contributed by atoms with E-state index in [4.69, 9.17) is 14.0 Å². The summed E-state index contributed by atoms with van der Waals surface area (Å²) in [7, 11) is 0. The van der Waals surface area contributed by atoms with E-state index in [1.165, 1.54) is 0 Å². The third-order valence-corrected chi connectivity index (χ3v) is 6.42. The number of aromatic nitrogens is 1. The minimum Gasteiger partial charge on any atom is -0.444 e. The molecule has 3 heterocycles. The Morgan fingerprint density at radius 1 is 1.22 bits per heavy atom. The van der Waals surface area contributed by atoms with E-state index < -0.39 is 29.5 Å². The van der Waals surface area contributed by atoms with Crippen molar-refractivity contribution in [3.05, 3.63) is 17.5 Å². The molecule has 1 unspecified atom stereocenters. The van der Waals surface area contributed by atoms with Gasteiger partial charge in [-0.05, 0) is 66.2 Å². The maximum Gasteiger partial charge on any atom is 0.414 e. The zero-order valence-corrected chi connectivity index (χ0v) is 22.1. The molecule has 204 valence electrons. The molecule has 4 rings (SSSR count). The van der Waals surface area contributed by atoms with Crippen LogP contribution in [0, 0.1) is 5.41 Å². The molecule has 0 radical (unpaired) electrons. The zero-order valence-electron chi connectivity index (χ0n) is 22.1. The van der Waals surface area contributed by atoms with Crippen LogP contribution in [0.3, 0.4) is 0 Å². The lowest BCUT2D eigenvalue weighted by molar-refractivity contribution is 0.0544. The first kappa shape index (κ1) is 26.7. The van der Waals surface area contributed by atoms with Gasteiger partial charge in [-0.15, -0.1) is 0 Å². The van der Waals surface area contributed by atoms with Crippen molar-refractivity contribution in [3.63, 3.8) is 0 Å². The Balaban J connectivity index is 1.44. The highest BCUT2D eigenvalue weighted by molar-refractivity contribution is 6.01. The van der Waals surface area contributed by atoms with Crippen LogP contribution in [0.4, 0.5) is 14.4 Å². The van der Waals surface area contributed by atoms with E-state index in [1.54, 1.807) is 52.5 Å². The molecule has 13 heteroatoms. The second kappa shape index (κ2) is 9.51. The maximum absolute atomic E-state index is 12.4. The number of ether oxygens (including phenoxy) is 2. The van der Waals surface area contributed by atoms with Crippen molar-refractivity contribution < 1.29 is 33.5 Å². The summed E-state index contributed by atoms with van der Waals surface area (Å²) in [5.41, 5.74) is -0.869. The highest BCUT2D eigenvalue weighted by Gasteiger charge is 2.59. The maximum atomic E-state index is 12.4. The summed E-state index contributed by atoms with van der Waals surface area (Å²) in [5, 5.41) is 22.6. The smallest absolute Gasteiger partial charge is 0.414 e. The number of aliphatic hydroxyl groups is 1. The van der Waals surface area contributed by atoms with Crippen LogP contribution in [0.15, 0.2) is 15.6 Å². The summed E-state index contributed by atoms with van der Waals surface area (Å²) < 4.78 is 15.8. The minimum absolute atomic E-state index is 0.112. The average molecular weight is 521 g/mol. The molecule has 1 aliphatic carbocycles. The van der Waals surface area contributed by atoms with Crippen molar-refractivity contribution in [2.75, 3.05) is 13.1 Å². The summed E-state index contributed by atoms with van der Waals surface area (Å²) >= 11 is 0. The molecule has 3 atom stereocenters. The number of carbonyl (C=O) groups excluding carboxylic acids is 3. The van der Waals surface area contributed by atoms with E-state index in [2.05, 4.69) is 26.1 Å². The normalized spacial score (nSPS) is 22.7. The lowest BCUT2D eigenvalue weighted by atomic mass is 9.84. The molecule has 4 amide bonds. The van der Waals surface area contributed by atoms with Crippen LogP contribution < -0.4 is 16.0 Å². The van der Waals surface area contributed by atoms with Gasteiger partial charge in [0, 0.05) is 12.6 Å². The number of amides is 4. The largest absolute Gasteiger partial charge is 0.444 e. The second-order valence-electron chi connectivity index (χ2n) is 11.8. The predicted molar refractivity (Wildman–Crippen MR) is 131 cm³/mol. The summed E-state index contributed by atoms with van der Waals surface area (Å²) in [6, 6.07) is 1.46. The molecule has 1 saturated carbocycles. The fourth-order valence-electron chi connectivity index (χ4n) is 4.58. The van der Waals surface area contributed by atoms with E-state index in [-0.39, 0.29) is 41.8 Å². The quantitative estimate of drug-likeness (QED) is 0.347. The Morgan fingerprint density at radius 3 is 2.35 bits per heavy atom. The number of rotatable bonds is 4. The number of aliphatic hydroxyl groups excluding tert-OH is 1. The van der Waals surface area contributed by atoms with Gasteiger partial charge in [-0.2, -0.15) is 0 Å². The first-order valence-electron chi connectivity index (χ1n) is 12.4. The van der Waals surface area contributed by atoms with Crippen molar-refractivity contribution in [3.8, 4) is 0 Å². The van der Waals surface area contributed by atoms with Crippen LogP contribution in [-0.2, 0) is 9.47 Å². The molecule has 2 saturated heterocycles. The monoisotopic (exact) mass is 520 g/mol. The van der Waals surface area contributed by atoms with Gasteiger partial charge in [0.05, 0.1) is 18.6 Å². The van der Waals surface area contributed by atoms with Gasteiger partial charge in [0.15, 0.2) is 5.76 Å². The van der Waals surface area contributed by atoms with Gasteiger partial charge in [0.2, 0.25) is 5.96 Å². The molecule has 1 aromatic rings. The first-order chi connectivity index (χ1) is 17.1. The molecule has 2 aliphatic heterocycles. The third-order valence-electron chi connectivity index (χ3n) is 6.42. The number of alkyl carbamates (subject to hydrolysis) is 2. The van der Waals surface area contributed by atoms with Crippen LogP contribution in [-0.4, -0.2) is 69.7 Å². The van der Waals surface area contributed by atoms with Gasteiger partial charge in [0.25, 0.3) is 0 Å². The number of piperidine rings is 1. The van der Waals surface area contributed by atoms with E-state index in [0.29, 0.717) is 12.2 Å². The standard InChI is InChI=1S/C24H36N6O7/c1-22(2,3)35-20(33)27-18(28-21(34)36-23(4,5)6)25-11-15(31)16-9-13(29-37-16)14-10-24(7-8-24)17-12-30(14)19(32)26-17/h9,14-15,17,31H,7-8,10-12H2,1-6H3,(H,26,32)(H2,25,27,28,33,34)/t14-,15?,17-/m0/s1. The Kier molecular flexibility index (Phi) is 6.86. The summed E-state index contributed by atoms with van der Waals surface area (Å²) in [6.07, 6.45) is 0.0285. The Labute approximate surface area is 215 Å². The number of hydrogen-bond acceptors (Lipinski definition) is 9. The van der Waals surface area contributed by atoms with E-state index in [1.807, 2.05) is 0 Å². The van der Waals surface area contributed by atoms with E-state index in [0.717, 1.165) is 19.3 Å². The molecule has 4 N–H and O–H groups in total. The molecule has 1 aromatic heterocycles. The number of hydrogen-bond donors (Lipinski definition) is 4. The van der Waals surface area contributed by atoms with E-state index in [9.17, 15) is 19.5 Å². The lowest BCUT2D eigenvalue weighted by Crippen LogP contribution is -2.47. The Hall–Kier alpha value is -3.35. The molecule has 3 aliphatic rings. The van der Waals surface area contributed by atoms with Crippen molar-refractivity contribution in [1.29, 1.82) is 0 Å². The van der Waals surface area contributed by atoms with Crippen molar-refractivity contribution in [1.82, 2.24) is 26.0 Å². The predicted octanol–water partition coefficient (Wildman–Crippen LogP) is 2.73. The summed E-state index contributed by atoms with van der Waals surface area (Å²) in [4.78, 5) is 42.8. The molecule has 13 nitrogen and oxygen atoms in total. The summed E-state index contributed by atoms with van der Waals surface area (Å²) in [6.45, 7) is 10.5. The van der Waals surface area contributed by atoms with Crippen LogP contribution in [0.25, 0.3) is 0 Å². The fraction of sp³-hybridized carbons (Fsp3) is 0.708. The fourth-order valence-corrected chi connectivity index (χ4v) is 4.58. The Morgan fingerprint density at radius 2 is 1.81 bits per heavy atom.